The molecule has 0 unspecified atom stereocenters. The minimum atomic E-state index is -0.165. The molecule has 0 fully saturated rings. The Bertz CT molecular complexity index is 998. The van der Waals surface area contributed by atoms with Gasteiger partial charge in [-0.15, -0.1) is 0 Å². The van der Waals surface area contributed by atoms with Crippen molar-refractivity contribution in [3.8, 4) is 0 Å². The smallest absolute Gasteiger partial charge is 0.257 e. The number of aryl methyl sites for hydroxylation is 1. The Labute approximate surface area is 161 Å². The summed E-state index contributed by atoms with van der Waals surface area (Å²) in [5.41, 5.74) is 3.32. The number of thiazole rings is 1. The highest BCUT2D eigenvalue weighted by molar-refractivity contribution is 7.15. The third-order valence-corrected chi connectivity index (χ3v) is 5.54. The average Bonchev–Trinajstić information content (AvgIpc) is 3.09. The molecule has 0 saturated heterocycles. The number of nitrogens with one attached hydrogen (secondary N) is 1. The summed E-state index contributed by atoms with van der Waals surface area (Å²) in [6, 6.07) is 16.8. The number of benzene rings is 2. The maximum absolute atomic E-state index is 12.7. The van der Waals surface area contributed by atoms with E-state index in [1.807, 2.05) is 60.4 Å². The zero-order chi connectivity index (χ0) is 18.8. The number of fused-ring (bicyclic) bond motifs is 1. The number of hydrogen-bond acceptors (Lipinski definition) is 4. The van der Waals surface area contributed by atoms with Crippen molar-refractivity contribution in [3.05, 3.63) is 81.9 Å². The van der Waals surface area contributed by atoms with E-state index in [1.165, 1.54) is 11.3 Å². The van der Waals surface area contributed by atoms with Crippen LogP contribution in [0.4, 0.5) is 5.13 Å². The molecule has 0 radical (unpaired) electrons. The van der Waals surface area contributed by atoms with Crippen molar-refractivity contribution in [2.45, 2.75) is 19.9 Å². The maximum atomic E-state index is 12.7. The van der Waals surface area contributed by atoms with Crippen LogP contribution in [0, 0.1) is 6.92 Å². The van der Waals surface area contributed by atoms with E-state index in [4.69, 9.17) is 0 Å². The van der Waals surface area contributed by atoms with Gasteiger partial charge in [-0.25, -0.2) is 4.98 Å². The van der Waals surface area contributed by atoms with E-state index >= 15 is 0 Å². The molecule has 5 nitrogen and oxygen atoms in total. The third kappa shape index (κ3) is 3.75. The number of carbonyl (C=O) groups is 2. The van der Waals surface area contributed by atoms with Gasteiger partial charge in [-0.1, -0.05) is 47.2 Å². The van der Waals surface area contributed by atoms with Crippen LogP contribution in [0.3, 0.4) is 0 Å². The Hall–Kier alpha value is -2.99. The van der Waals surface area contributed by atoms with Crippen molar-refractivity contribution in [1.29, 1.82) is 0 Å². The number of hydrogen-bond donors (Lipinski definition) is 1. The zero-order valence-electron chi connectivity index (χ0n) is 14.9. The monoisotopic (exact) mass is 377 g/mol. The molecule has 0 atom stereocenters. The van der Waals surface area contributed by atoms with Crippen LogP contribution in [0.15, 0.2) is 54.6 Å². The fraction of sp³-hybridized carbons (Fsp3) is 0.190. The molecule has 0 spiro atoms. The first-order valence-electron chi connectivity index (χ1n) is 8.81. The van der Waals surface area contributed by atoms with E-state index in [9.17, 15) is 9.59 Å². The summed E-state index contributed by atoms with van der Waals surface area (Å²) >= 11 is 1.44. The molecule has 4 rings (SSSR count). The molecular formula is C21H19N3O2S. The third-order valence-electron chi connectivity index (χ3n) is 4.54. The minimum absolute atomic E-state index is 0.0278. The second-order valence-corrected chi connectivity index (χ2v) is 7.64. The summed E-state index contributed by atoms with van der Waals surface area (Å²) in [6.07, 6.45) is 0.699. The van der Waals surface area contributed by atoms with E-state index in [1.54, 1.807) is 6.07 Å². The van der Waals surface area contributed by atoms with Gasteiger partial charge in [-0.05, 0) is 31.2 Å². The first-order valence-corrected chi connectivity index (χ1v) is 9.63. The summed E-state index contributed by atoms with van der Waals surface area (Å²) in [4.78, 5) is 32.5. The van der Waals surface area contributed by atoms with Crippen LogP contribution < -0.4 is 5.32 Å². The minimum Gasteiger partial charge on any atom is -0.333 e. The van der Waals surface area contributed by atoms with Gasteiger partial charge < -0.3 is 4.90 Å². The Morgan fingerprint density at radius 1 is 1.07 bits per heavy atom. The molecule has 2 aromatic carbocycles. The van der Waals surface area contributed by atoms with Gasteiger partial charge >= 0.3 is 0 Å². The molecule has 0 bridgehead atoms. The van der Waals surface area contributed by atoms with Gasteiger partial charge in [0, 0.05) is 29.0 Å². The molecule has 1 aromatic heterocycles. The van der Waals surface area contributed by atoms with E-state index in [2.05, 4.69) is 10.3 Å². The molecule has 27 heavy (non-hydrogen) atoms. The summed E-state index contributed by atoms with van der Waals surface area (Å²) in [5.74, 6) is -0.137. The van der Waals surface area contributed by atoms with Gasteiger partial charge in [-0.3, -0.25) is 14.9 Å². The quantitative estimate of drug-likeness (QED) is 0.753. The highest BCUT2D eigenvalue weighted by Crippen LogP contribution is 2.29. The first-order chi connectivity index (χ1) is 13.1. The van der Waals surface area contributed by atoms with Crippen molar-refractivity contribution in [3.63, 3.8) is 0 Å². The van der Waals surface area contributed by atoms with Gasteiger partial charge in [-0.2, -0.15) is 0 Å². The van der Waals surface area contributed by atoms with E-state index in [0.29, 0.717) is 35.8 Å². The van der Waals surface area contributed by atoms with Gasteiger partial charge in [0.1, 0.15) is 0 Å². The Morgan fingerprint density at radius 2 is 1.85 bits per heavy atom. The molecule has 136 valence electrons. The molecule has 6 heteroatoms. The first kappa shape index (κ1) is 17.4. The van der Waals surface area contributed by atoms with Crippen LogP contribution >= 0.6 is 11.3 Å². The fourth-order valence-electron chi connectivity index (χ4n) is 3.14. The molecular weight excluding hydrogens is 358 g/mol. The van der Waals surface area contributed by atoms with Crippen LogP contribution in [0.1, 0.15) is 36.9 Å². The molecule has 0 aliphatic carbocycles. The summed E-state index contributed by atoms with van der Waals surface area (Å²) < 4.78 is 0. The predicted molar refractivity (Wildman–Crippen MR) is 106 cm³/mol. The Balaban J connectivity index is 1.47. The van der Waals surface area contributed by atoms with Crippen LogP contribution in [0.2, 0.25) is 0 Å². The van der Waals surface area contributed by atoms with Crippen molar-refractivity contribution in [1.82, 2.24) is 9.88 Å². The Morgan fingerprint density at radius 3 is 2.63 bits per heavy atom. The largest absolute Gasteiger partial charge is 0.333 e. The van der Waals surface area contributed by atoms with E-state index in [-0.39, 0.29) is 11.8 Å². The maximum Gasteiger partial charge on any atom is 0.257 e. The molecule has 1 aliphatic rings. The topological polar surface area (TPSA) is 62.3 Å². The fourth-order valence-corrected chi connectivity index (χ4v) is 4.16. The van der Waals surface area contributed by atoms with Gasteiger partial charge in [0.2, 0.25) is 0 Å². The number of rotatable bonds is 3. The predicted octanol–water partition coefficient (Wildman–Crippen LogP) is 3.90. The van der Waals surface area contributed by atoms with Crippen LogP contribution in [0.25, 0.3) is 0 Å². The number of aromatic nitrogens is 1. The van der Waals surface area contributed by atoms with Gasteiger partial charge in [0.15, 0.2) is 5.13 Å². The summed E-state index contributed by atoms with van der Waals surface area (Å²) in [7, 11) is 0. The van der Waals surface area contributed by atoms with Crippen LogP contribution in [-0.4, -0.2) is 28.2 Å². The number of carbonyl (C=O) groups excluding carboxylic acids is 2. The second kappa shape index (κ2) is 7.32. The van der Waals surface area contributed by atoms with Crippen molar-refractivity contribution in [2.75, 3.05) is 11.9 Å². The average molecular weight is 377 g/mol. The molecule has 0 saturated carbocycles. The summed E-state index contributed by atoms with van der Waals surface area (Å²) in [6.45, 7) is 3.12. The second-order valence-electron chi connectivity index (χ2n) is 6.56. The number of nitrogens with zero attached hydrogens (tertiary/aromatic N) is 2. The lowest BCUT2D eigenvalue weighted by Crippen LogP contribution is -2.35. The highest BCUT2D eigenvalue weighted by atomic mass is 32.1. The molecule has 3 aromatic rings. The molecule has 2 amide bonds. The van der Waals surface area contributed by atoms with Crippen LogP contribution in [-0.2, 0) is 13.0 Å². The van der Waals surface area contributed by atoms with Gasteiger partial charge in [0.05, 0.1) is 12.2 Å². The van der Waals surface area contributed by atoms with Crippen molar-refractivity contribution in [2.24, 2.45) is 0 Å². The SMILES string of the molecule is Cc1cccc(C(=O)Nc2nc3c(s2)CN(C(=O)c2ccccc2)CC3)c1. The lowest BCUT2D eigenvalue weighted by Gasteiger charge is -2.26. The lowest BCUT2D eigenvalue weighted by molar-refractivity contribution is 0.0736. The van der Waals surface area contributed by atoms with E-state index < -0.39 is 0 Å². The number of anilines is 1. The standard InChI is InChI=1S/C21H19N3O2S/c1-14-6-5-9-16(12-14)19(25)23-21-22-17-10-11-24(13-18(17)27-21)20(26)15-7-3-2-4-8-15/h2-9,12H,10-11,13H2,1H3,(H,22,23,25). The molecule has 1 aliphatic heterocycles. The number of amides is 2. The van der Waals surface area contributed by atoms with Crippen molar-refractivity contribution >= 4 is 28.3 Å². The summed E-state index contributed by atoms with van der Waals surface area (Å²) in [5, 5.41) is 3.47. The van der Waals surface area contributed by atoms with Gasteiger partial charge in [0.25, 0.3) is 11.8 Å². The van der Waals surface area contributed by atoms with Crippen molar-refractivity contribution < 1.29 is 9.59 Å². The normalized spacial score (nSPS) is 13.1. The highest BCUT2D eigenvalue weighted by Gasteiger charge is 2.25. The molecule has 1 N–H and O–H groups in total. The zero-order valence-corrected chi connectivity index (χ0v) is 15.8. The lowest BCUT2D eigenvalue weighted by atomic mass is 10.1. The van der Waals surface area contributed by atoms with E-state index in [0.717, 1.165) is 16.1 Å². The molecule has 2 heterocycles. The van der Waals surface area contributed by atoms with Crippen LogP contribution in [0.5, 0.6) is 0 Å². The Kier molecular flexibility index (Phi) is 4.73.